The first kappa shape index (κ1) is 24.4. The number of amides is 2. The van der Waals surface area contributed by atoms with E-state index in [0.717, 1.165) is 22.5 Å². The fourth-order valence-electron chi connectivity index (χ4n) is 3.46. The van der Waals surface area contributed by atoms with Crippen LogP contribution in [-0.2, 0) is 26.3 Å². The number of tetrazole rings is 1. The standard InChI is InChI=1S/C18H17N9O5S3/c1-3-32-23-10(8-6-35-18(19)20-8)14(28)21-11-15(29)27-12(17(30)31)7(5-34-16(11)27)4-9(33)13-22-24-25-26(13)2/h3,6,11,16H,1,4-5H2,2H3,(H2,19,20)(H,21,28)(H,30,31). The maximum atomic E-state index is 12.9. The highest BCUT2D eigenvalue weighted by molar-refractivity contribution is 8.00. The van der Waals surface area contributed by atoms with Gasteiger partial charge < -0.3 is 21.0 Å². The van der Waals surface area contributed by atoms with E-state index in [2.05, 4.69) is 37.6 Å². The number of nitrogen functional groups attached to an aromatic ring is 1. The molecule has 2 atom stereocenters. The van der Waals surface area contributed by atoms with E-state index in [9.17, 15) is 19.5 Å². The Morgan fingerprint density at radius 1 is 1.51 bits per heavy atom. The van der Waals surface area contributed by atoms with Crippen molar-refractivity contribution in [2.24, 2.45) is 12.2 Å². The molecule has 2 aliphatic heterocycles. The third-order valence-electron chi connectivity index (χ3n) is 4.98. The molecule has 4 rings (SSSR count). The monoisotopic (exact) mass is 535 g/mol. The number of carbonyl (C=O) groups is 3. The predicted molar refractivity (Wildman–Crippen MR) is 129 cm³/mol. The summed E-state index contributed by atoms with van der Waals surface area (Å²) < 4.78 is 1.38. The summed E-state index contributed by atoms with van der Waals surface area (Å²) in [6.45, 7) is 3.37. The number of carbonyl (C=O) groups excluding carboxylic acids is 2. The van der Waals surface area contributed by atoms with Gasteiger partial charge in [0.2, 0.25) is 0 Å². The number of thioether (sulfide) groups is 1. The van der Waals surface area contributed by atoms with Crippen molar-refractivity contribution in [3.63, 3.8) is 0 Å². The number of nitrogens with zero attached hydrogens (tertiary/aromatic N) is 7. The number of anilines is 1. The zero-order valence-corrected chi connectivity index (χ0v) is 20.4. The third kappa shape index (κ3) is 4.64. The quantitative estimate of drug-likeness (QED) is 0.0947. The normalized spacial score (nSPS) is 19.6. The molecule has 1 saturated heterocycles. The number of rotatable bonds is 9. The van der Waals surface area contributed by atoms with Gasteiger partial charge in [0.05, 0.1) is 4.86 Å². The number of fused-ring (bicyclic) bond motifs is 1. The van der Waals surface area contributed by atoms with E-state index >= 15 is 0 Å². The molecule has 2 aromatic rings. The number of aryl methyl sites for hydroxylation is 1. The average Bonchev–Trinajstić information content (AvgIpc) is 3.45. The summed E-state index contributed by atoms with van der Waals surface area (Å²) >= 11 is 7.78. The fourth-order valence-corrected chi connectivity index (χ4v) is 5.70. The van der Waals surface area contributed by atoms with Gasteiger partial charge in [0, 0.05) is 24.6 Å². The molecule has 2 amide bonds. The van der Waals surface area contributed by atoms with E-state index < -0.39 is 29.2 Å². The molecule has 0 bridgehead atoms. The zero-order valence-electron chi connectivity index (χ0n) is 17.9. The van der Waals surface area contributed by atoms with Gasteiger partial charge in [-0.05, 0) is 16.0 Å². The summed E-state index contributed by atoms with van der Waals surface area (Å²) in [6.07, 6.45) is 1.11. The highest BCUT2D eigenvalue weighted by atomic mass is 32.2. The lowest BCUT2D eigenvalue weighted by atomic mass is 10.00. The van der Waals surface area contributed by atoms with Crippen molar-refractivity contribution >= 4 is 68.8 Å². The number of oxime groups is 1. The number of aliphatic carboxylic acids is 1. The number of carboxylic acid groups (broad SMARTS) is 1. The van der Waals surface area contributed by atoms with Crippen LogP contribution in [0.2, 0.25) is 0 Å². The highest BCUT2D eigenvalue weighted by Gasteiger charge is 2.54. The maximum Gasteiger partial charge on any atom is 0.352 e. The van der Waals surface area contributed by atoms with Crippen LogP contribution in [0.25, 0.3) is 0 Å². The Kier molecular flexibility index (Phi) is 6.90. The molecule has 182 valence electrons. The van der Waals surface area contributed by atoms with Gasteiger partial charge in [-0.15, -0.1) is 28.2 Å². The van der Waals surface area contributed by atoms with Gasteiger partial charge in [0.15, 0.2) is 16.7 Å². The molecule has 35 heavy (non-hydrogen) atoms. The molecule has 4 N–H and O–H groups in total. The number of nitrogens with two attached hydrogens (primary N) is 1. The van der Waals surface area contributed by atoms with E-state index in [4.69, 9.17) is 22.8 Å². The molecule has 0 saturated carbocycles. The van der Waals surface area contributed by atoms with Crippen LogP contribution in [0.15, 0.2) is 34.6 Å². The van der Waals surface area contributed by atoms with E-state index in [0.29, 0.717) is 16.3 Å². The molecule has 4 heterocycles. The van der Waals surface area contributed by atoms with Crippen molar-refractivity contribution < 1.29 is 24.3 Å². The summed E-state index contributed by atoms with van der Waals surface area (Å²) in [5.41, 5.74) is 5.87. The Bertz CT molecular complexity index is 1300. The molecule has 1 fully saturated rings. The largest absolute Gasteiger partial charge is 0.477 e. The highest BCUT2D eigenvalue weighted by Crippen LogP contribution is 2.41. The van der Waals surface area contributed by atoms with Crippen LogP contribution >= 0.6 is 35.3 Å². The fraction of sp³-hybridized carbons (Fsp3) is 0.278. The van der Waals surface area contributed by atoms with Crippen LogP contribution in [0, 0.1) is 0 Å². The lowest BCUT2D eigenvalue weighted by Crippen LogP contribution is -2.71. The molecule has 0 spiro atoms. The molecule has 0 radical (unpaired) electrons. The minimum absolute atomic E-state index is 0.0899. The minimum atomic E-state index is -1.28. The second-order valence-corrected chi connectivity index (χ2v) is 9.61. The number of nitrogens with one attached hydrogen (secondary N) is 1. The molecule has 2 unspecified atom stereocenters. The second-order valence-electron chi connectivity index (χ2n) is 7.13. The van der Waals surface area contributed by atoms with Crippen LogP contribution in [0.5, 0.6) is 0 Å². The van der Waals surface area contributed by atoms with Crippen molar-refractivity contribution in [1.82, 2.24) is 35.4 Å². The van der Waals surface area contributed by atoms with Crippen molar-refractivity contribution in [1.29, 1.82) is 0 Å². The van der Waals surface area contributed by atoms with Gasteiger partial charge in [0.25, 0.3) is 11.8 Å². The van der Waals surface area contributed by atoms with Gasteiger partial charge in [-0.1, -0.05) is 24.0 Å². The molecular weight excluding hydrogens is 518 g/mol. The minimum Gasteiger partial charge on any atom is -0.477 e. The first-order valence-corrected chi connectivity index (χ1v) is 12.1. The maximum absolute atomic E-state index is 12.9. The Morgan fingerprint density at radius 2 is 2.29 bits per heavy atom. The Balaban J connectivity index is 1.53. The lowest BCUT2D eigenvalue weighted by Gasteiger charge is -2.49. The summed E-state index contributed by atoms with van der Waals surface area (Å²) in [6, 6.07) is -0.983. The Hall–Kier alpha value is -3.70. The van der Waals surface area contributed by atoms with Gasteiger partial charge >= 0.3 is 5.97 Å². The summed E-state index contributed by atoms with van der Waals surface area (Å²) in [4.78, 5) is 48.2. The predicted octanol–water partition coefficient (Wildman–Crippen LogP) is -0.340. The number of β-lactam (4-membered cyclic amide) rings is 1. The van der Waals surface area contributed by atoms with E-state index in [1.54, 1.807) is 7.05 Å². The number of carboxylic acids is 1. The number of thiocarbonyl (C=S) groups is 1. The summed E-state index contributed by atoms with van der Waals surface area (Å²) in [5.74, 6) is -1.99. The smallest absolute Gasteiger partial charge is 0.352 e. The van der Waals surface area contributed by atoms with Crippen LogP contribution < -0.4 is 11.1 Å². The first-order chi connectivity index (χ1) is 16.7. The van der Waals surface area contributed by atoms with E-state index in [1.165, 1.54) is 21.8 Å². The molecule has 14 nitrogen and oxygen atoms in total. The molecule has 17 heteroatoms. The van der Waals surface area contributed by atoms with Crippen LogP contribution in [0.1, 0.15) is 17.9 Å². The Morgan fingerprint density at radius 3 is 2.89 bits per heavy atom. The van der Waals surface area contributed by atoms with Gasteiger partial charge in [-0.3, -0.25) is 14.5 Å². The molecule has 2 aromatic heterocycles. The Labute approximate surface area is 210 Å². The van der Waals surface area contributed by atoms with Crippen LogP contribution in [-0.4, -0.2) is 80.7 Å². The summed E-state index contributed by atoms with van der Waals surface area (Å²) in [7, 11) is 1.61. The number of hydrogen-bond donors (Lipinski definition) is 3. The van der Waals surface area contributed by atoms with Crippen molar-refractivity contribution in [3.8, 4) is 0 Å². The molecule has 0 aromatic carbocycles. The topological polar surface area (TPSA) is 191 Å². The summed E-state index contributed by atoms with van der Waals surface area (Å²) in [5, 5.41) is 28.3. The third-order valence-corrected chi connectivity index (χ3v) is 7.32. The second kappa shape index (κ2) is 9.88. The van der Waals surface area contributed by atoms with Gasteiger partial charge in [-0.25, -0.2) is 14.5 Å². The van der Waals surface area contributed by atoms with Crippen molar-refractivity contribution in [3.05, 3.63) is 41.0 Å². The van der Waals surface area contributed by atoms with Crippen molar-refractivity contribution in [2.45, 2.75) is 17.8 Å². The molecular formula is C18H17N9O5S3. The molecule has 0 aliphatic carbocycles. The van der Waals surface area contributed by atoms with Gasteiger partial charge in [0.1, 0.15) is 29.1 Å². The van der Waals surface area contributed by atoms with Crippen LogP contribution in [0.4, 0.5) is 5.13 Å². The average molecular weight is 536 g/mol. The number of hydrogen-bond acceptors (Lipinski definition) is 13. The van der Waals surface area contributed by atoms with Crippen molar-refractivity contribution in [2.75, 3.05) is 11.5 Å². The SMILES string of the molecule is C=CON=C(C(=O)NC1C(=O)N2C(C(=O)O)=C(CC(=S)c3nnnn3C)CSC12)c1csc(N)n1. The molecule has 2 aliphatic rings. The van der Waals surface area contributed by atoms with Gasteiger partial charge in [-0.2, -0.15) is 0 Å². The first-order valence-electron chi connectivity index (χ1n) is 9.75. The number of aromatic nitrogens is 5. The van der Waals surface area contributed by atoms with Crippen LogP contribution in [0.3, 0.4) is 0 Å². The van der Waals surface area contributed by atoms with E-state index in [1.807, 2.05) is 0 Å². The number of thiazole rings is 1. The van der Waals surface area contributed by atoms with E-state index in [-0.39, 0.29) is 34.4 Å². The lowest BCUT2D eigenvalue weighted by molar-refractivity contribution is -0.150. The zero-order chi connectivity index (χ0) is 25.3.